The van der Waals surface area contributed by atoms with E-state index in [1.807, 2.05) is 13.8 Å². The third kappa shape index (κ3) is 3.57. The Morgan fingerprint density at radius 1 is 1.22 bits per heavy atom. The second-order valence-electron chi connectivity index (χ2n) is 6.43. The zero-order chi connectivity index (χ0) is 17.0. The maximum atomic E-state index is 12.5. The maximum absolute atomic E-state index is 12.5. The van der Waals surface area contributed by atoms with Gasteiger partial charge in [0.2, 0.25) is 11.8 Å². The van der Waals surface area contributed by atoms with Crippen molar-refractivity contribution in [2.45, 2.75) is 71.4 Å². The highest BCUT2D eigenvalue weighted by Gasteiger charge is 2.40. The minimum absolute atomic E-state index is 0.0897. The van der Waals surface area contributed by atoms with Crippen molar-refractivity contribution >= 4 is 11.8 Å². The number of likely N-dealkylation sites (N-methyl/N-ethyl adjacent to an activating group) is 1. The summed E-state index contributed by atoms with van der Waals surface area (Å²) in [6.07, 6.45) is 5.36. The molecule has 1 aromatic rings. The highest BCUT2D eigenvalue weighted by atomic mass is 16.2. The van der Waals surface area contributed by atoms with Gasteiger partial charge in [-0.1, -0.05) is 26.2 Å². The minimum Gasteiger partial charge on any atom is -0.357 e. The van der Waals surface area contributed by atoms with Gasteiger partial charge in [0.1, 0.15) is 12.1 Å². The molecule has 128 valence electrons. The topological polar surface area (TPSA) is 76.0 Å². The molecule has 1 fully saturated rings. The van der Waals surface area contributed by atoms with Crippen LogP contribution >= 0.6 is 0 Å². The normalized spacial score (nSPS) is 16.9. The molecule has 2 amide bonds. The van der Waals surface area contributed by atoms with Gasteiger partial charge in [-0.3, -0.25) is 14.3 Å². The van der Waals surface area contributed by atoms with Crippen LogP contribution in [0.25, 0.3) is 0 Å². The van der Waals surface area contributed by atoms with E-state index in [9.17, 15) is 9.59 Å². The number of hydrogen-bond donors (Lipinski definition) is 2. The zero-order valence-corrected chi connectivity index (χ0v) is 14.7. The Hall–Kier alpha value is -1.85. The molecule has 0 spiro atoms. The van der Waals surface area contributed by atoms with Crippen molar-refractivity contribution in [3.63, 3.8) is 0 Å². The van der Waals surface area contributed by atoms with Crippen LogP contribution in [0.1, 0.15) is 56.0 Å². The summed E-state index contributed by atoms with van der Waals surface area (Å²) >= 11 is 0. The molecule has 0 unspecified atom stereocenters. The fourth-order valence-electron chi connectivity index (χ4n) is 3.65. The van der Waals surface area contributed by atoms with Gasteiger partial charge in [0.25, 0.3) is 0 Å². The molecule has 1 aliphatic carbocycles. The van der Waals surface area contributed by atoms with E-state index in [-0.39, 0.29) is 18.4 Å². The van der Waals surface area contributed by atoms with E-state index in [2.05, 4.69) is 22.7 Å². The first-order valence-corrected chi connectivity index (χ1v) is 8.49. The van der Waals surface area contributed by atoms with E-state index in [0.29, 0.717) is 12.8 Å². The molecule has 1 saturated carbocycles. The molecule has 0 aromatic carbocycles. The lowest BCUT2D eigenvalue weighted by Gasteiger charge is -2.36. The van der Waals surface area contributed by atoms with Crippen molar-refractivity contribution in [1.82, 2.24) is 20.4 Å². The SMILES string of the molecule is CCc1c(C)nn(CC(=O)NC2(C(=O)NC)CCCCC2)c1C. The molecule has 1 heterocycles. The van der Waals surface area contributed by atoms with E-state index in [0.717, 1.165) is 37.1 Å². The molecular weight excluding hydrogens is 292 g/mol. The van der Waals surface area contributed by atoms with Gasteiger partial charge in [-0.2, -0.15) is 5.10 Å². The zero-order valence-electron chi connectivity index (χ0n) is 14.7. The number of aryl methyl sites for hydroxylation is 1. The minimum atomic E-state index is -0.756. The number of amides is 2. The smallest absolute Gasteiger partial charge is 0.245 e. The summed E-state index contributed by atoms with van der Waals surface area (Å²) in [5.74, 6) is -0.239. The highest BCUT2D eigenvalue weighted by molar-refractivity contribution is 5.91. The van der Waals surface area contributed by atoms with Gasteiger partial charge >= 0.3 is 0 Å². The van der Waals surface area contributed by atoms with Crippen LogP contribution in [-0.2, 0) is 22.6 Å². The number of nitrogens with zero attached hydrogens (tertiary/aromatic N) is 2. The summed E-state index contributed by atoms with van der Waals surface area (Å²) in [7, 11) is 1.62. The Morgan fingerprint density at radius 2 is 1.87 bits per heavy atom. The largest absolute Gasteiger partial charge is 0.357 e. The van der Waals surface area contributed by atoms with E-state index in [1.54, 1.807) is 11.7 Å². The Balaban J connectivity index is 2.12. The standard InChI is InChI=1S/C17H28N4O2/c1-5-14-12(2)20-21(13(14)3)11-15(22)19-17(16(23)18-4)9-7-6-8-10-17/h5-11H2,1-4H3,(H,18,23)(H,19,22). The second-order valence-corrected chi connectivity index (χ2v) is 6.43. The number of aromatic nitrogens is 2. The van der Waals surface area contributed by atoms with Crippen LogP contribution in [0.15, 0.2) is 0 Å². The Kier molecular flexibility index (Phi) is 5.44. The second kappa shape index (κ2) is 7.15. The number of carbonyl (C=O) groups excluding carboxylic acids is 2. The molecule has 0 bridgehead atoms. The van der Waals surface area contributed by atoms with Gasteiger partial charge in [-0.15, -0.1) is 0 Å². The monoisotopic (exact) mass is 320 g/mol. The summed E-state index contributed by atoms with van der Waals surface area (Å²) in [6, 6.07) is 0. The van der Waals surface area contributed by atoms with Crippen molar-refractivity contribution in [3.8, 4) is 0 Å². The highest BCUT2D eigenvalue weighted by Crippen LogP contribution is 2.28. The fraction of sp³-hybridized carbons (Fsp3) is 0.706. The Labute approximate surface area is 138 Å². The van der Waals surface area contributed by atoms with Gasteiger partial charge in [-0.05, 0) is 38.7 Å². The summed E-state index contributed by atoms with van der Waals surface area (Å²) in [5, 5.41) is 10.2. The lowest BCUT2D eigenvalue weighted by atomic mass is 9.81. The van der Waals surface area contributed by atoms with E-state index >= 15 is 0 Å². The van der Waals surface area contributed by atoms with E-state index in [1.165, 1.54) is 5.56 Å². The molecule has 0 aliphatic heterocycles. The number of hydrogen-bond acceptors (Lipinski definition) is 3. The summed E-state index contributed by atoms with van der Waals surface area (Å²) in [5.41, 5.74) is 2.43. The van der Waals surface area contributed by atoms with Crippen LogP contribution in [0.2, 0.25) is 0 Å². The van der Waals surface area contributed by atoms with Gasteiger partial charge in [0.15, 0.2) is 0 Å². The first kappa shape index (κ1) is 17.5. The molecule has 1 aromatic heterocycles. The molecule has 0 saturated heterocycles. The molecule has 2 N–H and O–H groups in total. The number of carbonyl (C=O) groups is 2. The average Bonchev–Trinajstić information content (AvgIpc) is 2.80. The lowest BCUT2D eigenvalue weighted by Crippen LogP contribution is -2.59. The van der Waals surface area contributed by atoms with Gasteiger partial charge in [0.05, 0.1) is 5.69 Å². The molecule has 6 nitrogen and oxygen atoms in total. The van der Waals surface area contributed by atoms with Crippen LogP contribution in [0.5, 0.6) is 0 Å². The van der Waals surface area contributed by atoms with Crippen molar-refractivity contribution in [3.05, 3.63) is 17.0 Å². The third-order valence-corrected chi connectivity index (χ3v) is 4.93. The first-order chi connectivity index (χ1) is 10.9. The van der Waals surface area contributed by atoms with Crippen molar-refractivity contribution in [1.29, 1.82) is 0 Å². The number of nitrogens with one attached hydrogen (secondary N) is 2. The van der Waals surface area contributed by atoms with Crippen LogP contribution < -0.4 is 10.6 Å². The molecule has 6 heteroatoms. The van der Waals surface area contributed by atoms with Gasteiger partial charge in [-0.25, -0.2) is 0 Å². The summed E-state index contributed by atoms with van der Waals surface area (Å²) in [6.45, 7) is 6.20. The lowest BCUT2D eigenvalue weighted by molar-refractivity contribution is -0.135. The molecule has 2 rings (SSSR count). The predicted molar refractivity (Wildman–Crippen MR) is 89.1 cm³/mol. The van der Waals surface area contributed by atoms with Crippen LogP contribution in [0, 0.1) is 13.8 Å². The average molecular weight is 320 g/mol. The molecule has 23 heavy (non-hydrogen) atoms. The third-order valence-electron chi connectivity index (χ3n) is 4.93. The summed E-state index contributed by atoms with van der Waals surface area (Å²) < 4.78 is 1.74. The van der Waals surface area contributed by atoms with Crippen LogP contribution in [0.3, 0.4) is 0 Å². The maximum Gasteiger partial charge on any atom is 0.245 e. The Bertz CT molecular complexity index is 586. The molecule has 0 radical (unpaired) electrons. The van der Waals surface area contributed by atoms with E-state index in [4.69, 9.17) is 0 Å². The van der Waals surface area contributed by atoms with Gasteiger partial charge < -0.3 is 10.6 Å². The predicted octanol–water partition coefficient (Wildman–Crippen LogP) is 1.63. The fourth-order valence-corrected chi connectivity index (χ4v) is 3.65. The van der Waals surface area contributed by atoms with Crippen molar-refractivity contribution in [2.24, 2.45) is 0 Å². The van der Waals surface area contributed by atoms with Gasteiger partial charge in [0, 0.05) is 12.7 Å². The summed E-state index contributed by atoms with van der Waals surface area (Å²) in [4.78, 5) is 24.8. The van der Waals surface area contributed by atoms with Crippen molar-refractivity contribution in [2.75, 3.05) is 7.05 Å². The van der Waals surface area contributed by atoms with Crippen molar-refractivity contribution < 1.29 is 9.59 Å². The Morgan fingerprint density at radius 3 is 2.39 bits per heavy atom. The molecule has 0 atom stereocenters. The van der Waals surface area contributed by atoms with Crippen LogP contribution in [0.4, 0.5) is 0 Å². The van der Waals surface area contributed by atoms with E-state index < -0.39 is 5.54 Å². The quantitative estimate of drug-likeness (QED) is 0.866. The molecule has 1 aliphatic rings. The van der Waals surface area contributed by atoms with Crippen LogP contribution in [-0.4, -0.2) is 34.2 Å². The first-order valence-electron chi connectivity index (χ1n) is 8.49. The molecular formula is C17H28N4O2. The number of rotatable bonds is 5.